The van der Waals surface area contributed by atoms with Crippen LogP contribution in [0.3, 0.4) is 0 Å². The predicted octanol–water partition coefficient (Wildman–Crippen LogP) is 2.75. The van der Waals surface area contributed by atoms with Crippen LogP contribution in [0, 0.1) is 11.8 Å². The molecule has 1 nitrogen and oxygen atoms in total. The smallest absolute Gasteiger partial charge is 0.0340 e. The van der Waals surface area contributed by atoms with Crippen molar-refractivity contribution >= 4 is 5.69 Å². The van der Waals surface area contributed by atoms with Gasteiger partial charge in [0.05, 0.1) is 0 Å². The second-order valence-electron chi connectivity index (χ2n) is 3.72. The molecule has 1 fully saturated rings. The van der Waals surface area contributed by atoms with Gasteiger partial charge >= 0.3 is 0 Å². The van der Waals surface area contributed by atoms with Crippen LogP contribution in [0.15, 0.2) is 30.3 Å². The normalized spacial score (nSPS) is 26.8. The van der Waals surface area contributed by atoms with E-state index in [1.54, 1.807) is 0 Å². The second kappa shape index (κ2) is 3.18. The van der Waals surface area contributed by atoms with E-state index in [4.69, 9.17) is 0 Å². The van der Waals surface area contributed by atoms with E-state index in [0.717, 1.165) is 18.4 Å². The van der Waals surface area contributed by atoms with Gasteiger partial charge in [-0.25, -0.2) is 0 Å². The third-order valence-electron chi connectivity index (χ3n) is 2.62. The molecule has 0 radical (unpaired) electrons. The van der Waals surface area contributed by atoms with Crippen molar-refractivity contribution in [3.05, 3.63) is 30.3 Å². The Morgan fingerprint density at radius 1 is 1.33 bits per heavy atom. The Morgan fingerprint density at radius 2 is 2.00 bits per heavy atom. The van der Waals surface area contributed by atoms with E-state index >= 15 is 0 Å². The molecule has 0 heterocycles. The lowest BCUT2D eigenvalue weighted by Crippen LogP contribution is -2.03. The molecular weight excluding hydrogens is 146 g/mol. The minimum Gasteiger partial charge on any atom is -0.385 e. The number of hydrogen-bond acceptors (Lipinski definition) is 1. The first-order chi connectivity index (χ1) is 5.86. The summed E-state index contributed by atoms with van der Waals surface area (Å²) in [4.78, 5) is 0. The highest BCUT2D eigenvalue weighted by atomic mass is 14.9. The molecule has 1 saturated carbocycles. The molecular formula is C11H15N. The second-order valence-corrected chi connectivity index (χ2v) is 3.72. The van der Waals surface area contributed by atoms with E-state index in [9.17, 15) is 0 Å². The summed E-state index contributed by atoms with van der Waals surface area (Å²) in [7, 11) is 0. The van der Waals surface area contributed by atoms with Crippen molar-refractivity contribution in [2.24, 2.45) is 11.8 Å². The Balaban J connectivity index is 1.80. The van der Waals surface area contributed by atoms with Crippen LogP contribution in [0.4, 0.5) is 5.69 Å². The third-order valence-corrected chi connectivity index (χ3v) is 2.62. The lowest BCUT2D eigenvalue weighted by Gasteiger charge is -2.03. The van der Waals surface area contributed by atoms with Crippen molar-refractivity contribution in [1.82, 2.24) is 0 Å². The van der Waals surface area contributed by atoms with Gasteiger partial charge in [-0.1, -0.05) is 25.1 Å². The molecule has 1 aromatic carbocycles. The van der Waals surface area contributed by atoms with E-state index in [0.29, 0.717) is 0 Å². The van der Waals surface area contributed by atoms with Gasteiger partial charge in [-0.2, -0.15) is 0 Å². The molecule has 2 unspecified atom stereocenters. The molecule has 2 rings (SSSR count). The summed E-state index contributed by atoms with van der Waals surface area (Å²) in [5, 5.41) is 3.44. The van der Waals surface area contributed by atoms with Crippen LogP contribution >= 0.6 is 0 Å². The summed E-state index contributed by atoms with van der Waals surface area (Å²) >= 11 is 0. The predicted molar refractivity (Wildman–Crippen MR) is 52.2 cm³/mol. The topological polar surface area (TPSA) is 12.0 Å². The Labute approximate surface area is 73.8 Å². The first kappa shape index (κ1) is 7.66. The number of para-hydroxylation sites is 1. The highest BCUT2D eigenvalue weighted by molar-refractivity contribution is 5.42. The van der Waals surface area contributed by atoms with E-state index in [1.165, 1.54) is 12.1 Å². The zero-order valence-corrected chi connectivity index (χ0v) is 7.46. The molecule has 12 heavy (non-hydrogen) atoms. The molecule has 1 N–H and O–H groups in total. The van der Waals surface area contributed by atoms with Gasteiger partial charge in [-0.15, -0.1) is 0 Å². The zero-order valence-electron chi connectivity index (χ0n) is 7.46. The van der Waals surface area contributed by atoms with Crippen LogP contribution in [-0.4, -0.2) is 6.54 Å². The highest BCUT2D eigenvalue weighted by Crippen LogP contribution is 2.37. The van der Waals surface area contributed by atoms with E-state index in [2.05, 4.69) is 36.5 Å². The maximum absolute atomic E-state index is 3.44. The van der Waals surface area contributed by atoms with Crippen molar-refractivity contribution in [2.75, 3.05) is 11.9 Å². The van der Waals surface area contributed by atoms with Crippen LogP contribution in [0.1, 0.15) is 13.3 Å². The molecule has 0 aliphatic heterocycles. The molecule has 0 bridgehead atoms. The van der Waals surface area contributed by atoms with E-state index < -0.39 is 0 Å². The number of benzene rings is 1. The van der Waals surface area contributed by atoms with Gasteiger partial charge in [0.15, 0.2) is 0 Å². The van der Waals surface area contributed by atoms with Crippen molar-refractivity contribution in [1.29, 1.82) is 0 Å². The molecule has 1 aliphatic carbocycles. The largest absolute Gasteiger partial charge is 0.385 e. The Morgan fingerprint density at radius 3 is 2.58 bits per heavy atom. The molecule has 0 amide bonds. The van der Waals surface area contributed by atoms with Crippen LogP contribution in [0.25, 0.3) is 0 Å². The molecule has 1 aliphatic rings. The van der Waals surface area contributed by atoms with Crippen molar-refractivity contribution in [3.63, 3.8) is 0 Å². The summed E-state index contributed by atoms with van der Waals surface area (Å²) in [5.74, 6) is 1.87. The van der Waals surface area contributed by atoms with Gasteiger partial charge in [-0.3, -0.25) is 0 Å². The number of hydrogen-bond donors (Lipinski definition) is 1. The number of rotatable bonds is 3. The molecule has 64 valence electrons. The highest BCUT2D eigenvalue weighted by Gasteiger charge is 2.31. The van der Waals surface area contributed by atoms with Gasteiger partial charge in [0.25, 0.3) is 0 Å². The Kier molecular flexibility index (Phi) is 2.03. The van der Waals surface area contributed by atoms with Gasteiger partial charge in [0, 0.05) is 12.2 Å². The van der Waals surface area contributed by atoms with Crippen LogP contribution in [0.2, 0.25) is 0 Å². The molecule has 1 heteroatoms. The standard InChI is InChI=1S/C11H15N/c1-9-7-10(9)8-12-11-5-3-2-4-6-11/h2-6,9-10,12H,7-8H2,1H3. The third kappa shape index (κ3) is 1.79. The maximum Gasteiger partial charge on any atom is 0.0340 e. The molecule has 0 aromatic heterocycles. The first-order valence-electron chi connectivity index (χ1n) is 4.65. The fraction of sp³-hybridized carbons (Fsp3) is 0.455. The maximum atomic E-state index is 3.44. The molecule has 0 spiro atoms. The first-order valence-corrected chi connectivity index (χ1v) is 4.65. The average molecular weight is 161 g/mol. The summed E-state index contributed by atoms with van der Waals surface area (Å²) in [6, 6.07) is 10.4. The fourth-order valence-electron chi connectivity index (χ4n) is 1.49. The average Bonchev–Trinajstić information content (AvgIpc) is 2.81. The number of nitrogens with one attached hydrogen (secondary N) is 1. The van der Waals surface area contributed by atoms with Crippen molar-refractivity contribution < 1.29 is 0 Å². The lowest BCUT2D eigenvalue weighted by molar-refractivity contribution is 0.787. The van der Waals surface area contributed by atoms with Crippen LogP contribution in [-0.2, 0) is 0 Å². The van der Waals surface area contributed by atoms with Crippen molar-refractivity contribution in [3.8, 4) is 0 Å². The molecule has 2 atom stereocenters. The Bertz CT molecular complexity index is 242. The summed E-state index contributed by atoms with van der Waals surface area (Å²) in [6.07, 6.45) is 1.40. The summed E-state index contributed by atoms with van der Waals surface area (Å²) in [5.41, 5.74) is 1.25. The summed E-state index contributed by atoms with van der Waals surface area (Å²) < 4.78 is 0. The van der Waals surface area contributed by atoms with E-state index in [1.807, 2.05) is 6.07 Å². The van der Waals surface area contributed by atoms with Gasteiger partial charge in [0.2, 0.25) is 0 Å². The van der Waals surface area contributed by atoms with Gasteiger partial charge < -0.3 is 5.32 Å². The van der Waals surface area contributed by atoms with Gasteiger partial charge in [0.1, 0.15) is 0 Å². The monoisotopic (exact) mass is 161 g/mol. The number of anilines is 1. The minimum absolute atomic E-state index is 0.921. The molecule has 1 aromatic rings. The minimum atomic E-state index is 0.921. The quantitative estimate of drug-likeness (QED) is 0.718. The van der Waals surface area contributed by atoms with Crippen molar-refractivity contribution in [2.45, 2.75) is 13.3 Å². The van der Waals surface area contributed by atoms with Crippen LogP contribution < -0.4 is 5.32 Å². The lowest BCUT2D eigenvalue weighted by atomic mass is 10.3. The SMILES string of the molecule is CC1CC1CNc1ccccc1. The fourth-order valence-corrected chi connectivity index (χ4v) is 1.49. The molecule has 0 saturated heterocycles. The van der Waals surface area contributed by atoms with E-state index in [-0.39, 0.29) is 0 Å². The zero-order chi connectivity index (χ0) is 8.39. The van der Waals surface area contributed by atoms with Gasteiger partial charge in [-0.05, 0) is 30.4 Å². The summed E-state index contributed by atoms with van der Waals surface area (Å²) in [6.45, 7) is 3.46. The van der Waals surface area contributed by atoms with Crippen LogP contribution in [0.5, 0.6) is 0 Å². The Hall–Kier alpha value is -0.980.